The van der Waals surface area contributed by atoms with Crippen molar-refractivity contribution in [3.63, 3.8) is 0 Å². The molecule has 0 aromatic heterocycles. The SMILES string of the molecule is CC(Cc1ccc(F)cc1)NC(=O)C(F)F. The molecular weight excluding hydrogens is 219 g/mol. The van der Waals surface area contributed by atoms with Gasteiger partial charge in [0.2, 0.25) is 0 Å². The molecule has 1 atom stereocenters. The normalized spacial score (nSPS) is 12.6. The van der Waals surface area contributed by atoms with Crippen LogP contribution in [-0.2, 0) is 11.2 Å². The predicted octanol–water partition coefficient (Wildman–Crippen LogP) is 2.14. The molecule has 1 amide bonds. The number of hydrogen-bond donors (Lipinski definition) is 1. The molecule has 2 nitrogen and oxygen atoms in total. The van der Waals surface area contributed by atoms with Gasteiger partial charge >= 0.3 is 6.43 Å². The molecule has 0 saturated heterocycles. The standard InChI is InChI=1S/C11H12F3NO/c1-7(15-11(16)10(13)14)6-8-2-4-9(12)5-3-8/h2-5,7,10H,6H2,1H3,(H,15,16). The summed E-state index contributed by atoms with van der Waals surface area (Å²) >= 11 is 0. The van der Waals surface area contributed by atoms with E-state index in [9.17, 15) is 18.0 Å². The lowest BCUT2D eigenvalue weighted by Gasteiger charge is -2.13. The van der Waals surface area contributed by atoms with E-state index in [2.05, 4.69) is 5.32 Å². The van der Waals surface area contributed by atoms with Crippen LogP contribution < -0.4 is 5.32 Å². The summed E-state index contributed by atoms with van der Waals surface area (Å²) in [7, 11) is 0. The average Bonchev–Trinajstić information content (AvgIpc) is 2.21. The quantitative estimate of drug-likeness (QED) is 0.845. The van der Waals surface area contributed by atoms with Crippen LogP contribution in [0.1, 0.15) is 12.5 Å². The smallest absolute Gasteiger partial charge is 0.315 e. The van der Waals surface area contributed by atoms with Gasteiger partial charge in [0.05, 0.1) is 0 Å². The number of nitrogens with one attached hydrogen (secondary N) is 1. The predicted molar refractivity (Wildman–Crippen MR) is 53.7 cm³/mol. The molecule has 0 saturated carbocycles. The van der Waals surface area contributed by atoms with Crippen LogP contribution in [-0.4, -0.2) is 18.4 Å². The van der Waals surface area contributed by atoms with Crippen molar-refractivity contribution in [3.8, 4) is 0 Å². The lowest BCUT2D eigenvalue weighted by Crippen LogP contribution is -2.37. The molecule has 5 heteroatoms. The van der Waals surface area contributed by atoms with Crippen LogP contribution in [0, 0.1) is 5.82 Å². The minimum Gasteiger partial charge on any atom is -0.348 e. The summed E-state index contributed by atoms with van der Waals surface area (Å²) in [6.07, 6.45) is -2.62. The van der Waals surface area contributed by atoms with Crippen molar-refractivity contribution in [1.82, 2.24) is 5.32 Å². The van der Waals surface area contributed by atoms with Crippen molar-refractivity contribution in [1.29, 1.82) is 0 Å². The Balaban J connectivity index is 2.48. The zero-order valence-electron chi connectivity index (χ0n) is 8.71. The fraction of sp³-hybridized carbons (Fsp3) is 0.364. The lowest BCUT2D eigenvalue weighted by molar-refractivity contribution is -0.132. The second-order valence-corrected chi connectivity index (χ2v) is 3.54. The Morgan fingerprint density at radius 1 is 1.31 bits per heavy atom. The van der Waals surface area contributed by atoms with Crippen molar-refractivity contribution in [2.75, 3.05) is 0 Å². The Bertz CT molecular complexity index is 351. The second-order valence-electron chi connectivity index (χ2n) is 3.54. The number of hydrogen-bond acceptors (Lipinski definition) is 1. The number of alkyl halides is 2. The Kier molecular flexibility index (Phi) is 4.34. The summed E-state index contributed by atoms with van der Waals surface area (Å²) in [5, 5.41) is 2.16. The third-order valence-corrected chi connectivity index (χ3v) is 2.04. The molecule has 0 fully saturated rings. The maximum absolute atomic E-state index is 12.6. The molecule has 1 unspecified atom stereocenters. The largest absolute Gasteiger partial charge is 0.348 e. The summed E-state index contributed by atoms with van der Waals surface area (Å²) in [6, 6.07) is 5.28. The molecule has 1 N–H and O–H groups in total. The topological polar surface area (TPSA) is 29.1 Å². The van der Waals surface area contributed by atoms with Gasteiger partial charge in [-0.05, 0) is 31.0 Å². The molecule has 0 heterocycles. The van der Waals surface area contributed by atoms with Crippen LogP contribution >= 0.6 is 0 Å². The Hall–Kier alpha value is -1.52. The van der Waals surface area contributed by atoms with Crippen molar-refractivity contribution in [3.05, 3.63) is 35.6 Å². The first-order chi connectivity index (χ1) is 7.49. The van der Waals surface area contributed by atoms with Gasteiger partial charge in [0, 0.05) is 6.04 Å². The number of carbonyl (C=O) groups excluding carboxylic acids is 1. The molecule has 0 aliphatic rings. The minimum atomic E-state index is -3.00. The van der Waals surface area contributed by atoms with E-state index in [0.717, 1.165) is 5.56 Å². The summed E-state index contributed by atoms with van der Waals surface area (Å²) in [5.41, 5.74) is 0.781. The maximum atomic E-state index is 12.6. The molecule has 1 aromatic rings. The molecule has 16 heavy (non-hydrogen) atoms. The van der Waals surface area contributed by atoms with Gasteiger partial charge < -0.3 is 5.32 Å². The van der Waals surface area contributed by atoms with Gasteiger partial charge in [-0.2, -0.15) is 8.78 Å². The Labute approximate surface area is 91.5 Å². The van der Waals surface area contributed by atoms with E-state index in [1.165, 1.54) is 12.1 Å². The Morgan fingerprint density at radius 3 is 2.38 bits per heavy atom. The van der Waals surface area contributed by atoms with Gasteiger partial charge in [-0.15, -0.1) is 0 Å². The van der Waals surface area contributed by atoms with Gasteiger partial charge in [0.25, 0.3) is 5.91 Å². The minimum absolute atomic E-state index is 0.354. The summed E-state index contributed by atoms with van der Waals surface area (Å²) in [5.74, 6) is -1.64. The van der Waals surface area contributed by atoms with Crippen LogP contribution in [0.25, 0.3) is 0 Å². The highest BCUT2D eigenvalue weighted by atomic mass is 19.3. The zero-order valence-corrected chi connectivity index (χ0v) is 8.71. The zero-order chi connectivity index (χ0) is 12.1. The van der Waals surface area contributed by atoms with Crippen LogP contribution in [0.5, 0.6) is 0 Å². The molecular formula is C11H12F3NO. The van der Waals surface area contributed by atoms with Gasteiger partial charge in [-0.1, -0.05) is 12.1 Å². The lowest BCUT2D eigenvalue weighted by atomic mass is 10.1. The molecule has 88 valence electrons. The van der Waals surface area contributed by atoms with E-state index >= 15 is 0 Å². The van der Waals surface area contributed by atoms with E-state index in [0.29, 0.717) is 6.42 Å². The first-order valence-electron chi connectivity index (χ1n) is 4.82. The van der Waals surface area contributed by atoms with Crippen molar-refractivity contribution >= 4 is 5.91 Å². The van der Waals surface area contributed by atoms with Gasteiger partial charge in [-0.25, -0.2) is 4.39 Å². The molecule has 0 spiro atoms. The third kappa shape index (κ3) is 3.92. The van der Waals surface area contributed by atoms with Gasteiger partial charge in [0.1, 0.15) is 5.82 Å². The third-order valence-electron chi connectivity index (χ3n) is 2.04. The highest BCUT2D eigenvalue weighted by Crippen LogP contribution is 2.06. The average molecular weight is 231 g/mol. The van der Waals surface area contributed by atoms with E-state index in [4.69, 9.17) is 0 Å². The number of carbonyl (C=O) groups is 1. The first-order valence-corrected chi connectivity index (χ1v) is 4.82. The maximum Gasteiger partial charge on any atom is 0.315 e. The molecule has 1 rings (SSSR count). The summed E-state index contributed by atoms with van der Waals surface area (Å²) in [6.45, 7) is 1.61. The van der Waals surface area contributed by atoms with E-state index < -0.39 is 18.4 Å². The summed E-state index contributed by atoms with van der Waals surface area (Å²) in [4.78, 5) is 10.7. The van der Waals surface area contributed by atoms with E-state index in [1.807, 2.05) is 0 Å². The van der Waals surface area contributed by atoms with Gasteiger partial charge in [-0.3, -0.25) is 4.79 Å². The Morgan fingerprint density at radius 2 is 1.88 bits per heavy atom. The van der Waals surface area contributed by atoms with Crippen molar-refractivity contribution < 1.29 is 18.0 Å². The molecule has 0 bridgehead atoms. The molecule has 0 aliphatic heterocycles. The van der Waals surface area contributed by atoms with Gasteiger partial charge in [0.15, 0.2) is 0 Å². The highest BCUT2D eigenvalue weighted by Gasteiger charge is 2.17. The van der Waals surface area contributed by atoms with Crippen LogP contribution in [0.3, 0.4) is 0 Å². The van der Waals surface area contributed by atoms with E-state index in [-0.39, 0.29) is 5.82 Å². The fourth-order valence-electron chi connectivity index (χ4n) is 1.33. The number of halogens is 3. The highest BCUT2D eigenvalue weighted by molar-refractivity contribution is 5.79. The fourth-order valence-corrected chi connectivity index (χ4v) is 1.33. The van der Waals surface area contributed by atoms with Crippen LogP contribution in [0.4, 0.5) is 13.2 Å². The molecule has 0 aliphatic carbocycles. The van der Waals surface area contributed by atoms with E-state index in [1.54, 1.807) is 19.1 Å². The number of benzene rings is 1. The monoisotopic (exact) mass is 231 g/mol. The number of amides is 1. The molecule has 0 radical (unpaired) electrons. The molecule has 1 aromatic carbocycles. The second kappa shape index (κ2) is 5.53. The van der Waals surface area contributed by atoms with Crippen molar-refractivity contribution in [2.45, 2.75) is 25.8 Å². The summed E-state index contributed by atoms with van der Waals surface area (Å²) < 4.78 is 36.4. The van der Waals surface area contributed by atoms with Crippen LogP contribution in [0.2, 0.25) is 0 Å². The van der Waals surface area contributed by atoms with Crippen molar-refractivity contribution in [2.24, 2.45) is 0 Å². The number of rotatable bonds is 4. The first kappa shape index (κ1) is 12.5. The van der Waals surface area contributed by atoms with Crippen LogP contribution in [0.15, 0.2) is 24.3 Å².